The van der Waals surface area contributed by atoms with Crippen molar-refractivity contribution in [2.75, 3.05) is 0 Å². The first-order valence-electron chi connectivity index (χ1n) is 10.7. The Labute approximate surface area is 208 Å². The number of phenols is 2. The Morgan fingerprint density at radius 1 is 0.781 bits per heavy atom. The molecule has 172 valence electrons. The molecule has 2 atom stereocenters. The summed E-state index contributed by atoms with van der Waals surface area (Å²) in [6.45, 7) is 11.8. The van der Waals surface area contributed by atoms with Crippen molar-refractivity contribution < 1.29 is 27.2 Å². The number of phenolic OH excluding ortho intramolecular Hbond substituents is 2. The van der Waals surface area contributed by atoms with E-state index >= 15 is 0 Å². The molecule has 1 saturated carbocycles. The van der Waals surface area contributed by atoms with Gasteiger partial charge in [-0.3, -0.25) is 9.98 Å². The molecule has 1 aliphatic carbocycles. The Morgan fingerprint density at radius 2 is 1.12 bits per heavy atom. The van der Waals surface area contributed by atoms with Crippen LogP contribution in [0.15, 0.2) is 34.3 Å². The molecule has 3 rings (SSSR count). The van der Waals surface area contributed by atoms with Gasteiger partial charge in [0.15, 0.2) is 0 Å². The Bertz CT molecular complexity index is 942. The van der Waals surface area contributed by atoms with E-state index in [1.54, 1.807) is 0 Å². The van der Waals surface area contributed by atoms with Crippen molar-refractivity contribution in [2.24, 2.45) is 9.98 Å². The number of benzene rings is 2. The van der Waals surface area contributed by atoms with Crippen LogP contribution < -0.4 is 0 Å². The molecule has 1 aliphatic rings. The molecule has 2 aromatic carbocycles. The maximum atomic E-state index is 10.5. The standard InChI is InChI=1S/C25H32N2O2.2ClH.Ti/c1-14-10-16(3)24(28)20(12-14)18(5)26-22-8-7-9-23(22)27-19(6)21-13-15(2)11-17(4)25(21)29;;;/h10-13,22-23,28-29H,7-9H2,1-6H3;2*1H;/q;;;+2/p-2/t22-,23-;;;/m1.../s1. The van der Waals surface area contributed by atoms with Gasteiger partial charge in [-0.2, -0.15) is 0 Å². The average Bonchev–Trinajstić information content (AvgIpc) is 3.14. The van der Waals surface area contributed by atoms with E-state index in [0.29, 0.717) is 11.5 Å². The van der Waals surface area contributed by atoms with E-state index in [-0.39, 0.29) is 12.1 Å². The fourth-order valence-corrected chi connectivity index (χ4v) is 4.33. The molecule has 1 fully saturated rings. The summed E-state index contributed by atoms with van der Waals surface area (Å²) < 4.78 is 0. The average molecular weight is 511 g/mol. The van der Waals surface area contributed by atoms with Gasteiger partial charge >= 0.3 is 35.6 Å². The van der Waals surface area contributed by atoms with Crippen molar-refractivity contribution in [1.29, 1.82) is 0 Å². The number of aromatic hydroxyl groups is 2. The molecule has 0 spiro atoms. The first-order chi connectivity index (χ1) is 15.1. The molecule has 0 aromatic heterocycles. The minimum absolute atomic E-state index is 0.0956. The second-order valence-corrected chi connectivity index (χ2v) is 11.1. The van der Waals surface area contributed by atoms with Gasteiger partial charge in [0.05, 0.1) is 12.1 Å². The molecule has 0 unspecified atom stereocenters. The topological polar surface area (TPSA) is 65.2 Å². The minimum atomic E-state index is -0.556. The first-order valence-corrected chi connectivity index (χ1v) is 15.0. The molecule has 0 radical (unpaired) electrons. The van der Waals surface area contributed by atoms with Gasteiger partial charge in [0.1, 0.15) is 11.5 Å². The predicted octanol–water partition coefficient (Wildman–Crippen LogP) is 6.95. The second-order valence-electron chi connectivity index (χ2n) is 8.52. The van der Waals surface area contributed by atoms with Gasteiger partial charge in [-0.1, -0.05) is 12.1 Å². The van der Waals surface area contributed by atoms with E-state index in [9.17, 15) is 10.2 Å². The van der Waals surface area contributed by atoms with Gasteiger partial charge < -0.3 is 10.2 Å². The third kappa shape index (κ3) is 6.84. The normalized spacial score (nSPS) is 18.9. The van der Waals surface area contributed by atoms with Crippen LogP contribution in [0.2, 0.25) is 0 Å². The van der Waals surface area contributed by atoms with Crippen LogP contribution in [0.5, 0.6) is 11.5 Å². The predicted molar refractivity (Wildman–Crippen MR) is 133 cm³/mol. The molecule has 0 saturated heterocycles. The van der Waals surface area contributed by atoms with E-state index in [4.69, 9.17) is 28.6 Å². The van der Waals surface area contributed by atoms with Crippen LogP contribution in [-0.2, 0) is 17.0 Å². The van der Waals surface area contributed by atoms with Gasteiger partial charge in [0.25, 0.3) is 0 Å². The Morgan fingerprint density at radius 3 is 1.47 bits per heavy atom. The number of hydrogen-bond donors (Lipinski definition) is 2. The van der Waals surface area contributed by atoms with E-state index in [1.165, 1.54) is 0 Å². The van der Waals surface area contributed by atoms with E-state index < -0.39 is 17.0 Å². The summed E-state index contributed by atoms with van der Waals surface area (Å²) >= 11 is -0.556. The molecular weight excluding hydrogens is 479 g/mol. The van der Waals surface area contributed by atoms with Gasteiger partial charge in [-0.15, -0.1) is 0 Å². The zero-order chi connectivity index (χ0) is 24.0. The molecule has 0 heterocycles. The maximum absolute atomic E-state index is 10.5. The van der Waals surface area contributed by atoms with Gasteiger partial charge in [-0.25, -0.2) is 0 Å². The number of halogens is 2. The van der Waals surface area contributed by atoms with Crippen LogP contribution in [0, 0.1) is 27.7 Å². The summed E-state index contributed by atoms with van der Waals surface area (Å²) in [4.78, 5) is 9.92. The Balaban J connectivity index is 0.00000114. The quantitative estimate of drug-likeness (QED) is 0.345. The third-order valence-electron chi connectivity index (χ3n) is 5.83. The third-order valence-corrected chi connectivity index (χ3v) is 5.83. The van der Waals surface area contributed by atoms with Crippen LogP contribution in [0.3, 0.4) is 0 Å². The summed E-state index contributed by atoms with van der Waals surface area (Å²) in [6.07, 6.45) is 3.06. The van der Waals surface area contributed by atoms with Crippen molar-refractivity contribution in [3.8, 4) is 11.5 Å². The summed E-state index contributed by atoms with van der Waals surface area (Å²) in [6, 6.07) is 8.14. The van der Waals surface area contributed by atoms with E-state index in [0.717, 1.165) is 64.1 Å². The molecule has 2 aromatic rings. The number of aliphatic imine (C=N–C) groups is 2. The SMILES string of the molecule is CC(=N[C@@H]1CCC[C@H]1N=C(C)c1cc(C)cc(C)c1O)c1cc(C)cc(C)c1O.[Cl][Ti][Cl]. The van der Waals surface area contributed by atoms with Crippen LogP contribution in [0.25, 0.3) is 0 Å². The molecule has 4 nitrogen and oxygen atoms in total. The van der Waals surface area contributed by atoms with Crippen molar-refractivity contribution >= 4 is 30.0 Å². The van der Waals surface area contributed by atoms with Crippen LogP contribution in [0.1, 0.15) is 66.5 Å². The number of rotatable bonds is 4. The molecule has 2 N–H and O–H groups in total. The fourth-order valence-electron chi connectivity index (χ4n) is 4.33. The fraction of sp³-hybridized carbons (Fsp3) is 0.440. The zero-order valence-corrected chi connectivity index (χ0v) is 22.7. The Hall–Kier alpha value is -1.33. The van der Waals surface area contributed by atoms with E-state index in [2.05, 4.69) is 0 Å². The molecule has 0 amide bonds. The number of nitrogens with zero attached hydrogens (tertiary/aromatic N) is 2. The Kier molecular flexibility index (Phi) is 10.3. The molecule has 7 heteroatoms. The second kappa shape index (κ2) is 12.2. The zero-order valence-electron chi connectivity index (χ0n) is 19.6. The number of hydrogen-bond acceptors (Lipinski definition) is 4. The number of aryl methyl sites for hydroxylation is 4. The van der Waals surface area contributed by atoms with Gasteiger partial charge in [-0.05, 0) is 95.2 Å². The van der Waals surface area contributed by atoms with Crippen molar-refractivity contribution in [2.45, 2.75) is 72.9 Å². The summed E-state index contributed by atoms with van der Waals surface area (Å²) in [5, 5.41) is 20.9. The summed E-state index contributed by atoms with van der Waals surface area (Å²) in [5.41, 5.74) is 7.30. The van der Waals surface area contributed by atoms with Crippen molar-refractivity contribution in [3.05, 3.63) is 57.6 Å². The molecule has 0 aliphatic heterocycles. The van der Waals surface area contributed by atoms with Crippen LogP contribution in [-0.4, -0.2) is 33.7 Å². The van der Waals surface area contributed by atoms with Gasteiger partial charge in [0.2, 0.25) is 0 Å². The van der Waals surface area contributed by atoms with Crippen LogP contribution >= 0.6 is 18.6 Å². The summed E-state index contributed by atoms with van der Waals surface area (Å²) in [7, 11) is 9.78. The molecule has 0 bridgehead atoms. The first kappa shape index (κ1) is 26.9. The summed E-state index contributed by atoms with van der Waals surface area (Å²) in [5.74, 6) is 0.623. The van der Waals surface area contributed by atoms with Crippen molar-refractivity contribution in [3.63, 3.8) is 0 Å². The van der Waals surface area contributed by atoms with Crippen LogP contribution in [0.4, 0.5) is 0 Å². The molecule has 32 heavy (non-hydrogen) atoms. The van der Waals surface area contributed by atoms with Gasteiger partial charge in [0, 0.05) is 22.6 Å². The van der Waals surface area contributed by atoms with Crippen molar-refractivity contribution in [1.82, 2.24) is 0 Å². The monoisotopic (exact) mass is 510 g/mol. The van der Waals surface area contributed by atoms with E-state index in [1.807, 2.05) is 65.8 Å². The molecular formula is C25H32Cl2N2O2Ti.